The van der Waals surface area contributed by atoms with Gasteiger partial charge in [-0.2, -0.15) is 0 Å². The van der Waals surface area contributed by atoms with Crippen LogP contribution in [0.4, 0.5) is 0 Å². The van der Waals surface area contributed by atoms with Crippen molar-refractivity contribution in [1.82, 2.24) is 10.6 Å². The maximum absolute atomic E-state index is 12.0. The number of amides is 1. The predicted molar refractivity (Wildman–Crippen MR) is 83.8 cm³/mol. The van der Waals surface area contributed by atoms with Crippen molar-refractivity contribution in [3.8, 4) is 0 Å². The molecule has 1 aliphatic rings. The lowest BCUT2D eigenvalue weighted by atomic mass is 9.79. The minimum Gasteiger partial charge on any atom is -0.506 e. The van der Waals surface area contributed by atoms with Crippen LogP contribution in [0.2, 0.25) is 0 Å². The van der Waals surface area contributed by atoms with Crippen LogP contribution in [-0.4, -0.2) is 67.4 Å². The van der Waals surface area contributed by atoms with Crippen LogP contribution in [0.3, 0.4) is 0 Å². The van der Waals surface area contributed by atoms with E-state index in [-0.39, 0.29) is 17.1 Å². The Kier molecular flexibility index (Phi) is 6.03. The van der Waals surface area contributed by atoms with E-state index >= 15 is 0 Å². The molecule has 7 N–H and O–H groups in total. The molecule has 0 spiro atoms. The van der Waals surface area contributed by atoms with E-state index in [1.54, 1.807) is 0 Å². The first kappa shape index (κ1) is 19.7. The Morgan fingerprint density at radius 1 is 1.17 bits per heavy atom. The van der Waals surface area contributed by atoms with Gasteiger partial charge in [0.2, 0.25) is 5.76 Å². The third-order valence-electron chi connectivity index (χ3n) is 3.81. The van der Waals surface area contributed by atoms with Crippen molar-refractivity contribution < 1.29 is 30.3 Å². The molecule has 2 unspecified atom stereocenters. The maximum atomic E-state index is 12.0. The van der Waals surface area contributed by atoms with Gasteiger partial charge in [0, 0.05) is 17.1 Å². The minimum absolute atomic E-state index is 0.215. The molecule has 1 aliphatic heterocycles. The van der Waals surface area contributed by atoms with Crippen LogP contribution < -0.4 is 10.6 Å². The fraction of sp³-hybridized carbons (Fsp3) is 0.800. The quantitative estimate of drug-likeness (QED) is 0.264. The van der Waals surface area contributed by atoms with E-state index in [4.69, 9.17) is 5.11 Å². The number of rotatable bonds is 5. The van der Waals surface area contributed by atoms with Gasteiger partial charge in [-0.25, -0.2) is 0 Å². The summed E-state index contributed by atoms with van der Waals surface area (Å²) in [5.41, 5.74) is -0.429. The van der Waals surface area contributed by atoms with E-state index < -0.39 is 36.2 Å². The van der Waals surface area contributed by atoms with Crippen molar-refractivity contribution in [2.24, 2.45) is 0 Å². The standard InChI is InChI=1S/C15H28N2O6/c1-14(2)5-8(6-15(3,4)17-14)16-13(23)12(22)11(21)10(20)9(19)7-18/h8-10,17-22H,5-7H2,1-4H3,(H,16,23)/b12-11-. The van der Waals surface area contributed by atoms with Crippen molar-refractivity contribution in [2.75, 3.05) is 6.61 Å². The molecule has 0 aliphatic carbocycles. The van der Waals surface area contributed by atoms with Gasteiger partial charge in [-0.1, -0.05) is 0 Å². The second-order valence-electron chi connectivity index (χ2n) is 7.40. The van der Waals surface area contributed by atoms with Gasteiger partial charge in [0.25, 0.3) is 5.91 Å². The average Bonchev–Trinajstić information content (AvgIpc) is 2.40. The van der Waals surface area contributed by atoms with Crippen LogP contribution >= 0.6 is 0 Å². The number of piperidine rings is 1. The molecule has 134 valence electrons. The molecule has 2 atom stereocenters. The summed E-state index contributed by atoms with van der Waals surface area (Å²) in [5.74, 6) is -3.08. The van der Waals surface area contributed by atoms with E-state index in [1.807, 2.05) is 27.7 Å². The lowest BCUT2D eigenvalue weighted by Crippen LogP contribution is -2.62. The molecule has 0 aromatic rings. The van der Waals surface area contributed by atoms with Crippen molar-refractivity contribution in [2.45, 2.75) is 69.9 Å². The highest BCUT2D eigenvalue weighted by Crippen LogP contribution is 2.28. The highest BCUT2D eigenvalue weighted by molar-refractivity contribution is 5.91. The van der Waals surface area contributed by atoms with Gasteiger partial charge in [-0.05, 0) is 40.5 Å². The lowest BCUT2D eigenvalue weighted by molar-refractivity contribution is -0.122. The van der Waals surface area contributed by atoms with Crippen LogP contribution in [0.15, 0.2) is 11.5 Å². The molecular formula is C15H28N2O6. The second kappa shape index (κ2) is 7.04. The zero-order valence-electron chi connectivity index (χ0n) is 14.0. The molecule has 0 saturated carbocycles. The number of hydrogen-bond donors (Lipinski definition) is 7. The second-order valence-corrected chi connectivity index (χ2v) is 7.40. The molecule has 1 heterocycles. The van der Waals surface area contributed by atoms with E-state index in [2.05, 4.69) is 10.6 Å². The molecule has 1 rings (SSSR count). The third-order valence-corrected chi connectivity index (χ3v) is 3.81. The van der Waals surface area contributed by atoms with Crippen molar-refractivity contribution in [1.29, 1.82) is 0 Å². The molecule has 1 saturated heterocycles. The monoisotopic (exact) mass is 332 g/mol. The van der Waals surface area contributed by atoms with Gasteiger partial charge in [-0.3, -0.25) is 4.79 Å². The molecule has 23 heavy (non-hydrogen) atoms. The Morgan fingerprint density at radius 3 is 2.09 bits per heavy atom. The highest BCUT2D eigenvalue weighted by Gasteiger charge is 2.38. The summed E-state index contributed by atoms with van der Waals surface area (Å²) in [7, 11) is 0. The van der Waals surface area contributed by atoms with Crippen molar-refractivity contribution in [3.05, 3.63) is 11.5 Å². The summed E-state index contributed by atoms with van der Waals surface area (Å²) in [6.45, 7) is 7.18. The number of aliphatic hydroxyl groups excluding tert-OH is 5. The first-order valence-electron chi connectivity index (χ1n) is 7.58. The smallest absolute Gasteiger partial charge is 0.290 e. The molecule has 0 aromatic heterocycles. The normalized spacial score (nSPS) is 24.5. The molecule has 1 fully saturated rings. The highest BCUT2D eigenvalue weighted by atomic mass is 16.4. The van der Waals surface area contributed by atoms with Crippen LogP contribution in [0, 0.1) is 0 Å². The van der Waals surface area contributed by atoms with E-state index in [0.717, 1.165) is 0 Å². The largest absolute Gasteiger partial charge is 0.506 e. The average molecular weight is 332 g/mol. The molecule has 0 aromatic carbocycles. The number of aliphatic hydroxyl groups is 5. The van der Waals surface area contributed by atoms with Crippen LogP contribution in [-0.2, 0) is 4.79 Å². The van der Waals surface area contributed by atoms with Gasteiger partial charge in [0.15, 0.2) is 5.76 Å². The molecule has 0 radical (unpaired) electrons. The summed E-state index contributed by atoms with van der Waals surface area (Å²) in [6.07, 6.45) is -2.39. The number of carbonyl (C=O) groups is 1. The SMILES string of the molecule is CC1(C)CC(NC(=O)/C(O)=C(/O)C(O)C(O)CO)CC(C)(C)N1. The van der Waals surface area contributed by atoms with Crippen molar-refractivity contribution >= 4 is 5.91 Å². The number of carbonyl (C=O) groups excluding carboxylic acids is 1. The van der Waals surface area contributed by atoms with Gasteiger partial charge in [0.05, 0.1) is 6.61 Å². The summed E-state index contributed by atoms with van der Waals surface area (Å²) >= 11 is 0. The summed E-state index contributed by atoms with van der Waals surface area (Å²) in [5, 5.41) is 52.9. The molecule has 0 bridgehead atoms. The first-order valence-corrected chi connectivity index (χ1v) is 7.58. The van der Waals surface area contributed by atoms with Crippen LogP contribution in [0.25, 0.3) is 0 Å². The Balaban J connectivity index is 2.82. The number of nitrogens with one attached hydrogen (secondary N) is 2. The van der Waals surface area contributed by atoms with E-state index in [9.17, 15) is 25.2 Å². The lowest BCUT2D eigenvalue weighted by Gasteiger charge is -2.46. The summed E-state index contributed by atoms with van der Waals surface area (Å²) in [6, 6.07) is -0.233. The van der Waals surface area contributed by atoms with Gasteiger partial charge >= 0.3 is 0 Å². The Labute approximate surface area is 135 Å². The molecule has 1 amide bonds. The molecular weight excluding hydrogens is 304 g/mol. The Bertz CT molecular complexity index is 459. The van der Waals surface area contributed by atoms with Gasteiger partial charge in [0.1, 0.15) is 12.2 Å². The Morgan fingerprint density at radius 2 is 1.65 bits per heavy atom. The Hall–Kier alpha value is -1.35. The third kappa shape index (κ3) is 5.35. The summed E-state index contributed by atoms with van der Waals surface area (Å²) in [4.78, 5) is 12.0. The molecule has 8 nitrogen and oxygen atoms in total. The van der Waals surface area contributed by atoms with E-state index in [0.29, 0.717) is 12.8 Å². The molecule has 8 heteroatoms. The minimum atomic E-state index is -1.94. The van der Waals surface area contributed by atoms with Gasteiger partial charge < -0.3 is 36.2 Å². The van der Waals surface area contributed by atoms with Crippen LogP contribution in [0.1, 0.15) is 40.5 Å². The zero-order chi connectivity index (χ0) is 18.0. The summed E-state index contributed by atoms with van der Waals surface area (Å²) < 4.78 is 0. The fourth-order valence-corrected chi connectivity index (χ4v) is 3.22. The van der Waals surface area contributed by atoms with Crippen molar-refractivity contribution in [3.63, 3.8) is 0 Å². The van der Waals surface area contributed by atoms with Crippen LogP contribution in [0.5, 0.6) is 0 Å². The predicted octanol–water partition coefficient (Wildman–Crippen LogP) is -0.546. The topological polar surface area (TPSA) is 142 Å². The first-order chi connectivity index (χ1) is 10.4. The fourth-order valence-electron chi connectivity index (χ4n) is 3.22. The maximum Gasteiger partial charge on any atom is 0.290 e. The number of hydrogen-bond acceptors (Lipinski definition) is 7. The van der Waals surface area contributed by atoms with E-state index in [1.165, 1.54) is 0 Å². The van der Waals surface area contributed by atoms with Gasteiger partial charge in [-0.15, -0.1) is 0 Å². The zero-order valence-corrected chi connectivity index (χ0v) is 14.0.